The van der Waals surface area contributed by atoms with E-state index >= 15 is 0 Å². The Morgan fingerprint density at radius 3 is 2.12 bits per heavy atom. The van der Waals surface area contributed by atoms with E-state index in [-0.39, 0.29) is 6.54 Å². The fourth-order valence-electron chi connectivity index (χ4n) is 2.86. The number of rotatable bonds is 6. The van der Waals surface area contributed by atoms with Gasteiger partial charge in [0, 0.05) is 5.69 Å². The minimum Gasteiger partial charge on any atom is -0.325 e. The van der Waals surface area contributed by atoms with Crippen LogP contribution in [-0.4, -0.2) is 29.2 Å². The van der Waals surface area contributed by atoms with Crippen molar-refractivity contribution in [3.05, 3.63) is 65.2 Å². The number of carbonyl (C=O) groups is 3. The number of nitrogens with zero attached hydrogens (tertiary/aromatic N) is 1. The highest BCUT2D eigenvalue weighted by Gasteiger charge is 2.36. The number of unbranched alkanes of at least 4 members (excludes halogenated alkanes) is 1. The van der Waals surface area contributed by atoms with Crippen molar-refractivity contribution in [2.24, 2.45) is 0 Å². The van der Waals surface area contributed by atoms with Gasteiger partial charge in [-0.15, -0.1) is 0 Å². The van der Waals surface area contributed by atoms with Gasteiger partial charge in [0.05, 0.1) is 11.1 Å². The average Bonchev–Trinajstić information content (AvgIpc) is 2.86. The van der Waals surface area contributed by atoms with Crippen molar-refractivity contribution in [3.8, 4) is 0 Å². The maximum absolute atomic E-state index is 12.3. The van der Waals surface area contributed by atoms with Crippen molar-refractivity contribution in [2.75, 3.05) is 11.9 Å². The highest BCUT2D eigenvalue weighted by Crippen LogP contribution is 2.22. The van der Waals surface area contributed by atoms with E-state index in [2.05, 4.69) is 12.2 Å². The maximum Gasteiger partial charge on any atom is 0.262 e. The molecule has 0 aliphatic carbocycles. The molecule has 0 saturated carbocycles. The minimum atomic E-state index is -0.425. The zero-order valence-corrected chi connectivity index (χ0v) is 14.1. The number of benzene rings is 2. The molecule has 2 aromatic rings. The molecule has 5 nitrogen and oxygen atoms in total. The second-order valence-electron chi connectivity index (χ2n) is 6.09. The van der Waals surface area contributed by atoms with E-state index in [1.807, 2.05) is 24.3 Å². The molecular weight excluding hydrogens is 316 g/mol. The Labute approximate surface area is 146 Å². The van der Waals surface area contributed by atoms with E-state index in [0.717, 1.165) is 24.2 Å². The van der Waals surface area contributed by atoms with Crippen LogP contribution < -0.4 is 5.32 Å². The van der Waals surface area contributed by atoms with Crippen LogP contribution in [0.25, 0.3) is 0 Å². The summed E-state index contributed by atoms with van der Waals surface area (Å²) in [6, 6.07) is 14.2. The van der Waals surface area contributed by atoms with E-state index in [1.165, 1.54) is 5.56 Å². The molecule has 0 unspecified atom stereocenters. The van der Waals surface area contributed by atoms with Crippen LogP contribution in [0.1, 0.15) is 46.0 Å². The molecule has 128 valence electrons. The molecule has 1 N–H and O–H groups in total. The van der Waals surface area contributed by atoms with Crippen LogP contribution >= 0.6 is 0 Å². The van der Waals surface area contributed by atoms with Crippen molar-refractivity contribution in [1.29, 1.82) is 0 Å². The minimum absolute atomic E-state index is 0.288. The van der Waals surface area contributed by atoms with Gasteiger partial charge in [0.15, 0.2) is 0 Å². The van der Waals surface area contributed by atoms with Crippen molar-refractivity contribution in [2.45, 2.75) is 26.2 Å². The number of imide groups is 1. The number of hydrogen-bond donors (Lipinski definition) is 1. The van der Waals surface area contributed by atoms with Gasteiger partial charge in [-0.3, -0.25) is 19.3 Å². The third kappa shape index (κ3) is 3.60. The summed E-state index contributed by atoms with van der Waals surface area (Å²) in [7, 11) is 0. The van der Waals surface area contributed by atoms with E-state index in [1.54, 1.807) is 24.3 Å². The monoisotopic (exact) mass is 336 g/mol. The van der Waals surface area contributed by atoms with Crippen LogP contribution in [0.3, 0.4) is 0 Å². The quantitative estimate of drug-likeness (QED) is 0.823. The van der Waals surface area contributed by atoms with E-state index < -0.39 is 17.7 Å². The number of anilines is 1. The fraction of sp³-hybridized carbons (Fsp3) is 0.250. The molecule has 0 aromatic heterocycles. The SMILES string of the molecule is CCCCc1ccc(NC(=O)CN2C(=O)c3ccccc3C2=O)cc1. The Bertz CT molecular complexity index is 777. The molecule has 0 spiro atoms. The second kappa shape index (κ2) is 7.30. The van der Waals surface area contributed by atoms with Crippen LogP contribution in [0.2, 0.25) is 0 Å². The van der Waals surface area contributed by atoms with Crippen LogP contribution in [-0.2, 0) is 11.2 Å². The lowest BCUT2D eigenvalue weighted by Gasteiger charge is -2.13. The summed E-state index contributed by atoms with van der Waals surface area (Å²) in [6.07, 6.45) is 3.28. The molecular formula is C20H20N2O3. The third-order valence-electron chi connectivity index (χ3n) is 4.24. The predicted molar refractivity (Wildman–Crippen MR) is 95.5 cm³/mol. The second-order valence-corrected chi connectivity index (χ2v) is 6.09. The Balaban J connectivity index is 1.62. The molecule has 0 saturated heterocycles. The molecule has 0 bridgehead atoms. The highest BCUT2D eigenvalue weighted by molar-refractivity contribution is 6.22. The molecule has 5 heteroatoms. The number of fused-ring (bicyclic) bond motifs is 1. The summed E-state index contributed by atoms with van der Waals surface area (Å²) >= 11 is 0. The number of amides is 3. The fourth-order valence-corrected chi connectivity index (χ4v) is 2.86. The van der Waals surface area contributed by atoms with Gasteiger partial charge in [-0.1, -0.05) is 37.6 Å². The molecule has 2 aromatic carbocycles. The summed E-state index contributed by atoms with van der Waals surface area (Å²) in [5.74, 6) is -1.24. The molecule has 1 aliphatic rings. The van der Waals surface area contributed by atoms with Crippen LogP contribution in [0, 0.1) is 0 Å². The first-order chi connectivity index (χ1) is 12.1. The predicted octanol–water partition coefficient (Wildman–Crippen LogP) is 3.26. The Morgan fingerprint density at radius 2 is 1.56 bits per heavy atom. The summed E-state index contributed by atoms with van der Waals surface area (Å²) in [6.45, 7) is 1.86. The first-order valence-corrected chi connectivity index (χ1v) is 8.44. The molecule has 0 radical (unpaired) electrons. The smallest absolute Gasteiger partial charge is 0.262 e. The normalized spacial score (nSPS) is 13.1. The molecule has 0 atom stereocenters. The lowest BCUT2D eigenvalue weighted by Crippen LogP contribution is -2.37. The van der Waals surface area contributed by atoms with Gasteiger partial charge >= 0.3 is 0 Å². The summed E-state index contributed by atoms with van der Waals surface area (Å²) in [5, 5.41) is 2.73. The van der Waals surface area contributed by atoms with Gasteiger partial charge in [0.2, 0.25) is 5.91 Å². The van der Waals surface area contributed by atoms with Crippen molar-refractivity contribution >= 4 is 23.4 Å². The molecule has 1 aliphatic heterocycles. The van der Waals surface area contributed by atoms with Gasteiger partial charge in [0.1, 0.15) is 6.54 Å². The third-order valence-corrected chi connectivity index (χ3v) is 4.24. The van der Waals surface area contributed by atoms with Crippen LogP contribution in [0.4, 0.5) is 5.69 Å². The average molecular weight is 336 g/mol. The first-order valence-electron chi connectivity index (χ1n) is 8.44. The highest BCUT2D eigenvalue weighted by atomic mass is 16.2. The summed E-state index contributed by atoms with van der Waals surface area (Å²) in [4.78, 5) is 37.7. The van der Waals surface area contributed by atoms with Gasteiger partial charge in [-0.25, -0.2) is 0 Å². The molecule has 25 heavy (non-hydrogen) atoms. The van der Waals surface area contributed by atoms with Crippen LogP contribution in [0.5, 0.6) is 0 Å². The van der Waals surface area contributed by atoms with E-state index in [0.29, 0.717) is 16.8 Å². The van der Waals surface area contributed by atoms with E-state index in [9.17, 15) is 14.4 Å². The summed E-state index contributed by atoms with van der Waals surface area (Å²) in [5.41, 5.74) is 2.57. The topological polar surface area (TPSA) is 66.5 Å². The lowest BCUT2D eigenvalue weighted by molar-refractivity contribution is -0.116. The molecule has 3 rings (SSSR count). The molecule has 1 heterocycles. The number of aryl methyl sites for hydroxylation is 1. The van der Waals surface area contributed by atoms with Gasteiger partial charge in [0.25, 0.3) is 11.8 Å². The van der Waals surface area contributed by atoms with Gasteiger partial charge < -0.3 is 5.32 Å². The Hall–Kier alpha value is -2.95. The number of hydrogen-bond acceptors (Lipinski definition) is 3. The Morgan fingerprint density at radius 1 is 0.960 bits per heavy atom. The number of nitrogens with one attached hydrogen (secondary N) is 1. The van der Waals surface area contributed by atoms with Crippen molar-refractivity contribution < 1.29 is 14.4 Å². The number of carbonyl (C=O) groups excluding carboxylic acids is 3. The van der Waals surface area contributed by atoms with Crippen molar-refractivity contribution in [1.82, 2.24) is 4.90 Å². The van der Waals surface area contributed by atoms with E-state index in [4.69, 9.17) is 0 Å². The zero-order chi connectivity index (χ0) is 17.8. The largest absolute Gasteiger partial charge is 0.325 e. The zero-order valence-electron chi connectivity index (χ0n) is 14.1. The Kier molecular flexibility index (Phi) is 4.93. The molecule has 3 amide bonds. The van der Waals surface area contributed by atoms with Gasteiger partial charge in [-0.2, -0.15) is 0 Å². The molecule has 0 fully saturated rings. The van der Waals surface area contributed by atoms with Crippen molar-refractivity contribution in [3.63, 3.8) is 0 Å². The first kappa shape index (κ1) is 16.9. The van der Waals surface area contributed by atoms with Gasteiger partial charge in [-0.05, 0) is 42.7 Å². The maximum atomic E-state index is 12.3. The lowest BCUT2D eigenvalue weighted by atomic mass is 10.1. The van der Waals surface area contributed by atoms with Crippen LogP contribution in [0.15, 0.2) is 48.5 Å². The summed E-state index contributed by atoms with van der Waals surface area (Å²) < 4.78 is 0. The standard InChI is InChI=1S/C20H20N2O3/c1-2-3-6-14-9-11-15(12-10-14)21-18(23)13-22-19(24)16-7-4-5-8-17(16)20(22)25/h4-5,7-12H,2-3,6,13H2,1H3,(H,21,23).